The lowest BCUT2D eigenvalue weighted by molar-refractivity contribution is -0.112. The summed E-state index contributed by atoms with van der Waals surface area (Å²) in [6.07, 6.45) is 1.61. The van der Waals surface area contributed by atoms with Crippen LogP contribution in [0, 0.1) is 25.2 Å². The van der Waals surface area contributed by atoms with Gasteiger partial charge in [0.1, 0.15) is 11.6 Å². The summed E-state index contributed by atoms with van der Waals surface area (Å²) in [6.45, 7) is 3.96. The van der Waals surface area contributed by atoms with Crippen molar-refractivity contribution < 1.29 is 4.79 Å². The number of aryl methyl sites for hydroxylation is 1. The lowest BCUT2D eigenvalue weighted by Crippen LogP contribution is -2.13. The number of nitriles is 1. The number of halogens is 2. The number of rotatable bonds is 4. The Morgan fingerprint density at radius 1 is 1.14 bits per heavy atom. The Kier molecular flexibility index (Phi) is 6.03. The highest BCUT2D eigenvalue weighted by Crippen LogP contribution is 2.24. The molecule has 1 N–H and O–H groups in total. The monoisotopic (exact) mass is 453 g/mol. The fourth-order valence-electron chi connectivity index (χ4n) is 2.96. The van der Waals surface area contributed by atoms with E-state index in [2.05, 4.69) is 25.8 Å². The molecule has 28 heavy (non-hydrogen) atoms. The number of benzene rings is 2. The smallest absolute Gasteiger partial charge is 0.266 e. The Morgan fingerprint density at radius 2 is 1.79 bits per heavy atom. The van der Waals surface area contributed by atoms with Crippen LogP contribution in [0.4, 0.5) is 5.69 Å². The van der Waals surface area contributed by atoms with Crippen LogP contribution in [0.2, 0.25) is 5.02 Å². The highest BCUT2D eigenvalue weighted by atomic mass is 79.9. The topological polar surface area (TPSA) is 57.8 Å². The molecule has 6 heteroatoms. The molecule has 3 aromatic rings. The first-order valence-electron chi connectivity index (χ1n) is 8.52. The summed E-state index contributed by atoms with van der Waals surface area (Å²) in [6, 6.07) is 18.7. The SMILES string of the molecule is Cc1cc(/C=C(\C#N)C(=O)Nc2ccc(Cl)cc2)c(C)n1-c1ccc(Br)cc1. The van der Waals surface area contributed by atoms with E-state index < -0.39 is 5.91 Å². The first-order valence-corrected chi connectivity index (χ1v) is 9.69. The number of nitrogens with zero attached hydrogens (tertiary/aromatic N) is 2. The Balaban J connectivity index is 1.91. The summed E-state index contributed by atoms with van der Waals surface area (Å²) in [5, 5.41) is 12.8. The predicted octanol–water partition coefficient (Wildman–Crippen LogP) is 6.06. The summed E-state index contributed by atoms with van der Waals surface area (Å²) >= 11 is 9.30. The van der Waals surface area contributed by atoms with Gasteiger partial charge in [-0.2, -0.15) is 5.26 Å². The average Bonchev–Trinajstić information content (AvgIpc) is 2.95. The maximum absolute atomic E-state index is 12.5. The van der Waals surface area contributed by atoms with Gasteiger partial charge in [0.2, 0.25) is 0 Å². The lowest BCUT2D eigenvalue weighted by Gasteiger charge is -2.09. The van der Waals surface area contributed by atoms with Crippen molar-refractivity contribution in [2.24, 2.45) is 0 Å². The number of carbonyl (C=O) groups is 1. The van der Waals surface area contributed by atoms with Gasteiger partial charge >= 0.3 is 0 Å². The van der Waals surface area contributed by atoms with E-state index in [9.17, 15) is 10.1 Å². The molecule has 2 aromatic carbocycles. The molecule has 0 bridgehead atoms. The molecule has 0 radical (unpaired) electrons. The number of anilines is 1. The minimum atomic E-state index is -0.460. The van der Waals surface area contributed by atoms with Crippen LogP contribution >= 0.6 is 27.5 Å². The zero-order valence-electron chi connectivity index (χ0n) is 15.3. The maximum atomic E-state index is 12.5. The van der Waals surface area contributed by atoms with Gasteiger partial charge in [-0.25, -0.2) is 0 Å². The molecule has 0 aliphatic carbocycles. The molecule has 1 amide bonds. The summed E-state index contributed by atoms with van der Waals surface area (Å²) in [4.78, 5) is 12.5. The van der Waals surface area contributed by atoms with Gasteiger partial charge in [0, 0.05) is 32.3 Å². The highest BCUT2D eigenvalue weighted by molar-refractivity contribution is 9.10. The van der Waals surface area contributed by atoms with Crippen molar-refractivity contribution in [1.29, 1.82) is 5.26 Å². The van der Waals surface area contributed by atoms with Crippen molar-refractivity contribution in [2.75, 3.05) is 5.32 Å². The molecule has 0 aliphatic heterocycles. The molecule has 140 valence electrons. The van der Waals surface area contributed by atoms with Crippen LogP contribution in [0.5, 0.6) is 0 Å². The van der Waals surface area contributed by atoms with Crippen LogP contribution in [0.25, 0.3) is 11.8 Å². The van der Waals surface area contributed by atoms with Gasteiger partial charge in [0.25, 0.3) is 5.91 Å². The number of amides is 1. The molecule has 3 rings (SSSR count). The van der Waals surface area contributed by atoms with Crippen molar-refractivity contribution >= 4 is 45.2 Å². The van der Waals surface area contributed by atoms with E-state index in [1.807, 2.05) is 50.2 Å². The largest absolute Gasteiger partial charge is 0.321 e. The molecule has 0 saturated heterocycles. The first-order chi connectivity index (χ1) is 13.4. The molecule has 0 atom stereocenters. The van der Waals surface area contributed by atoms with E-state index in [0.717, 1.165) is 27.1 Å². The van der Waals surface area contributed by atoms with Crippen LogP contribution in [-0.2, 0) is 4.79 Å². The second-order valence-electron chi connectivity index (χ2n) is 6.27. The second-order valence-corrected chi connectivity index (χ2v) is 7.62. The third-order valence-electron chi connectivity index (χ3n) is 4.32. The quantitative estimate of drug-likeness (QED) is 0.385. The standard InChI is InChI=1S/C22H17BrClN3O/c1-14-11-16(15(2)27(14)21-9-3-18(23)4-10-21)12-17(13-25)22(28)26-20-7-5-19(24)6-8-20/h3-12H,1-2H3,(H,26,28)/b17-12+. The fraction of sp³-hybridized carbons (Fsp3) is 0.0909. The third kappa shape index (κ3) is 4.36. The van der Waals surface area contributed by atoms with Crippen molar-refractivity contribution in [1.82, 2.24) is 4.57 Å². The summed E-state index contributed by atoms with van der Waals surface area (Å²) in [7, 11) is 0. The van der Waals surface area contributed by atoms with Gasteiger partial charge in [0.05, 0.1) is 0 Å². The van der Waals surface area contributed by atoms with E-state index >= 15 is 0 Å². The first kappa shape index (κ1) is 19.9. The van der Waals surface area contributed by atoms with E-state index in [4.69, 9.17) is 11.6 Å². The van der Waals surface area contributed by atoms with Gasteiger partial charge in [-0.15, -0.1) is 0 Å². The van der Waals surface area contributed by atoms with E-state index in [1.165, 1.54) is 0 Å². The van der Waals surface area contributed by atoms with Gasteiger partial charge in [-0.05, 0) is 80.1 Å². The molecular weight excluding hydrogens is 438 g/mol. The Morgan fingerprint density at radius 3 is 2.39 bits per heavy atom. The Hall–Kier alpha value is -2.81. The van der Waals surface area contributed by atoms with Crippen molar-refractivity contribution in [3.05, 3.63) is 86.6 Å². The predicted molar refractivity (Wildman–Crippen MR) is 117 cm³/mol. The van der Waals surface area contributed by atoms with E-state index in [-0.39, 0.29) is 5.57 Å². The minimum Gasteiger partial charge on any atom is -0.321 e. The number of aromatic nitrogens is 1. The summed E-state index contributed by atoms with van der Waals surface area (Å²) in [5.74, 6) is -0.460. The van der Waals surface area contributed by atoms with Crippen molar-refractivity contribution in [2.45, 2.75) is 13.8 Å². The molecule has 0 aliphatic rings. The molecule has 0 fully saturated rings. The molecule has 0 saturated carbocycles. The summed E-state index contributed by atoms with van der Waals surface area (Å²) < 4.78 is 3.09. The Labute approximate surface area is 177 Å². The normalized spacial score (nSPS) is 11.2. The minimum absolute atomic E-state index is 0.0333. The van der Waals surface area contributed by atoms with Gasteiger partial charge in [-0.1, -0.05) is 27.5 Å². The number of carbonyl (C=O) groups excluding carboxylic acids is 1. The summed E-state index contributed by atoms with van der Waals surface area (Å²) in [5.41, 5.74) is 4.42. The maximum Gasteiger partial charge on any atom is 0.266 e. The van der Waals surface area contributed by atoms with Crippen molar-refractivity contribution in [3.8, 4) is 11.8 Å². The number of nitrogens with one attached hydrogen (secondary N) is 1. The molecule has 0 spiro atoms. The van der Waals surface area contributed by atoms with Crippen LogP contribution < -0.4 is 5.32 Å². The molecule has 4 nitrogen and oxygen atoms in total. The van der Waals surface area contributed by atoms with Gasteiger partial charge in [-0.3, -0.25) is 4.79 Å². The van der Waals surface area contributed by atoms with Crippen LogP contribution in [0.1, 0.15) is 17.0 Å². The molecule has 1 heterocycles. The zero-order valence-corrected chi connectivity index (χ0v) is 17.7. The zero-order chi connectivity index (χ0) is 20.3. The van der Waals surface area contributed by atoms with Crippen LogP contribution in [-0.4, -0.2) is 10.5 Å². The van der Waals surface area contributed by atoms with Gasteiger partial charge in [0.15, 0.2) is 0 Å². The second kappa shape index (κ2) is 8.47. The van der Waals surface area contributed by atoms with Crippen LogP contribution in [0.15, 0.2) is 64.6 Å². The van der Waals surface area contributed by atoms with Crippen LogP contribution in [0.3, 0.4) is 0 Å². The molecular formula is C22H17BrClN3O. The number of hydrogen-bond acceptors (Lipinski definition) is 2. The Bertz CT molecular complexity index is 1090. The molecule has 0 unspecified atom stereocenters. The van der Waals surface area contributed by atoms with Gasteiger partial charge < -0.3 is 9.88 Å². The van der Waals surface area contributed by atoms with E-state index in [0.29, 0.717) is 10.7 Å². The number of hydrogen-bond donors (Lipinski definition) is 1. The fourth-order valence-corrected chi connectivity index (χ4v) is 3.35. The molecule has 1 aromatic heterocycles. The average molecular weight is 455 g/mol. The van der Waals surface area contributed by atoms with Crippen molar-refractivity contribution in [3.63, 3.8) is 0 Å². The van der Waals surface area contributed by atoms with E-state index in [1.54, 1.807) is 30.3 Å². The lowest BCUT2D eigenvalue weighted by atomic mass is 10.1. The highest BCUT2D eigenvalue weighted by Gasteiger charge is 2.14. The third-order valence-corrected chi connectivity index (χ3v) is 5.10.